The number of carbonyl (C=O) groups excluding carboxylic acids is 1. The lowest BCUT2D eigenvalue weighted by Gasteiger charge is -1.99. The molecule has 0 radical (unpaired) electrons. The number of nitriles is 1. The minimum atomic E-state index is -0.528. The molecule has 4 heteroatoms. The number of hydrogen-bond donors (Lipinski definition) is 1. The monoisotopic (exact) mass is 226 g/mol. The zero-order chi connectivity index (χ0) is 12.4. The quantitative estimate of drug-likeness (QED) is 0.755. The van der Waals surface area contributed by atoms with Gasteiger partial charge in [-0.1, -0.05) is 30.3 Å². The van der Waals surface area contributed by atoms with Gasteiger partial charge in [0.15, 0.2) is 0 Å². The highest BCUT2D eigenvalue weighted by atomic mass is 16.5. The number of hydrogen-bond acceptors (Lipinski definition) is 4. The molecular weight excluding hydrogens is 216 g/mol. The molecule has 0 saturated heterocycles. The number of fused-ring (bicyclic) bond motifs is 1. The number of carbonyl (C=O) groups is 1. The highest BCUT2D eigenvalue weighted by Crippen LogP contribution is 2.38. The molecule has 0 fully saturated rings. The number of ether oxygens (including phenoxy) is 1. The Morgan fingerprint density at radius 2 is 1.94 bits per heavy atom. The van der Waals surface area contributed by atoms with E-state index in [0.717, 1.165) is 0 Å². The zero-order valence-corrected chi connectivity index (χ0v) is 9.23. The summed E-state index contributed by atoms with van der Waals surface area (Å²) in [5, 5.41) is 9.08. The summed E-state index contributed by atoms with van der Waals surface area (Å²) in [6, 6.07) is 10.9. The van der Waals surface area contributed by atoms with Gasteiger partial charge in [0.1, 0.15) is 6.07 Å². The second kappa shape index (κ2) is 4.14. The Labute approximate surface area is 98.6 Å². The lowest BCUT2D eigenvalue weighted by atomic mass is 10.1. The van der Waals surface area contributed by atoms with Crippen LogP contribution in [-0.2, 0) is 4.74 Å². The molecule has 0 heterocycles. The van der Waals surface area contributed by atoms with Crippen molar-refractivity contribution in [3.05, 3.63) is 41.5 Å². The predicted molar refractivity (Wildman–Crippen MR) is 63.5 cm³/mol. The Bertz CT molecular complexity index is 599. The van der Waals surface area contributed by atoms with Crippen LogP contribution in [0.4, 0.5) is 5.69 Å². The molecule has 0 aromatic heterocycles. The van der Waals surface area contributed by atoms with Gasteiger partial charge in [-0.2, -0.15) is 5.26 Å². The second-order valence-corrected chi connectivity index (χ2v) is 3.51. The summed E-state index contributed by atoms with van der Waals surface area (Å²) in [7, 11) is 1.29. The number of esters is 1. The molecular formula is C13H10N2O2. The van der Waals surface area contributed by atoms with Crippen molar-refractivity contribution in [3.8, 4) is 17.2 Å². The van der Waals surface area contributed by atoms with Crippen molar-refractivity contribution in [1.82, 2.24) is 0 Å². The Morgan fingerprint density at radius 1 is 1.29 bits per heavy atom. The average molecular weight is 226 g/mol. The van der Waals surface area contributed by atoms with Gasteiger partial charge in [0.2, 0.25) is 0 Å². The van der Waals surface area contributed by atoms with Crippen molar-refractivity contribution >= 4 is 11.7 Å². The largest absolute Gasteiger partial charge is 0.465 e. The van der Waals surface area contributed by atoms with Gasteiger partial charge in [-0.25, -0.2) is 4.79 Å². The fourth-order valence-electron chi connectivity index (χ4n) is 1.84. The SMILES string of the molecule is COC(=O)c1c2cccccc-2c(C#N)c1N. The molecule has 0 spiro atoms. The van der Waals surface area contributed by atoms with Crippen LogP contribution in [0.15, 0.2) is 30.3 Å². The molecule has 17 heavy (non-hydrogen) atoms. The van der Waals surface area contributed by atoms with Crippen LogP contribution < -0.4 is 5.73 Å². The van der Waals surface area contributed by atoms with E-state index in [0.29, 0.717) is 16.7 Å². The summed E-state index contributed by atoms with van der Waals surface area (Å²) < 4.78 is 4.69. The topological polar surface area (TPSA) is 76.1 Å². The Balaban J connectivity index is 2.84. The van der Waals surface area contributed by atoms with Crippen molar-refractivity contribution in [2.75, 3.05) is 12.8 Å². The zero-order valence-electron chi connectivity index (χ0n) is 9.23. The molecule has 0 bridgehead atoms. The summed E-state index contributed by atoms with van der Waals surface area (Å²) >= 11 is 0. The van der Waals surface area contributed by atoms with Crippen molar-refractivity contribution in [2.45, 2.75) is 0 Å². The summed E-state index contributed by atoms with van der Waals surface area (Å²) in [4.78, 5) is 11.7. The minimum absolute atomic E-state index is 0.181. The lowest BCUT2D eigenvalue weighted by molar-refractivity contribution is 0.0603. The van der Waals surface area contributed by atoms with Crippen LogP contribution in [-0.4, -0.2) is 13.1 Å². The van der Waals surface area contributed by atoms with E-state index >= 15 is 0 Å². The first-order valence-electron chi connectivity index (χ1n) is 4.99. The Morgan fingerprint density at radius 3 is 2.53 bits per heavy atom. The Kier molecular flexibility index (Phi) is 2.67. The van der Waals surface area contributed by atoms with Crippen LogP contribution in [0.25, 0.3) is 11.1 Å². The van der Waals surface area contributed by atoms with Crippen LogP contribution in [0, 0.1) is 11.3 Å². The first kappa shape index (κ1) is 11.0. The number of rotatable bonds is 1. The van der Waals surface area contributed by atoms with E-state index in [1.165, 1.54) is 7.11 Å². The summed E-state index contributed by atoms with van der Waals surface area (Å²) in [5.41, 5.74) is 7.87. The summed E-state index contributed by atoms with van der Waals surface area (Å²) in [6.07, 6.45) is 0. The maximum Gasteiger partial charge on any atom is 0.340 e. The second-order valence-electron chi connectivity index (χ2n) is 3.51. The van der Waals surface area contributed by atoms with Crippen LogP contribution in [0.1, 0.15) is 15.9 Å². The fraction of sp³-hybridized carbons (Fsp3) is 0.0769. The fourth-order valence-corrected chi connectivity index (χ4v) is 1.84. The lowest BCUT2D eigenvalue weighted by Crippen LogP contribution is -2.04. The molecule has 0 aromatic carbocycles. The van der Waals surface area contributed by atoms with Gasteiger partial charge < -0.3 is 10.5 Å². The molecule has 2 rings (SSSR count). The van der Waals surface area contributed by atoms with Crippen molar-refractivity contribution in [2.24, 2.45) is 0 Å². The maximum absolute atomic E-state index is 11.7. The predicted octanol–water partition coefficient (Wildman–Crippen LogP) is 2.03. The molecule has 0 saturated carbocycles. The molecule has 2 aliphatic carbocycles. The van der Waals surface area contributed by atoms with E-state index < -0.39 is 5.97 Å². The van der Waals surface area contributed by atoms with Gasteiger partial charge in [0, 0.05) is 5.56 Å². The van der Waals surface area contributed by atoms with Crippen LogP contribution >= 0.6 is 0 Å². The van der Waals surface area contributed by atoms with Crippen LogP contribution in [0.2, 0.25) is 0 Å². The third-order valence-corrected chi connectivity index (χ3v) is 2.62. The highest BCUT2D eigenvalue weighted by molar-refractivity contribution is 6.07. The average Bonchev–Trinajstić information content (AvgIpc) is 2.50. The smallest absolute Gasteiger partial charge is 0.340 e. The molecule has 2 N–H and O–H groups in total. The van der Waals surface area contributed by atoms with Crippen molar-refractivity contribution in [1.29, 1.82) is 5.26 Å². The molecule has 0 atom stereocenters. The molecule has 0 unspecified atom stereocenters. The third-order valence-electron chi connectivity index (χ3n) is 2.62. The molecule has 0 aliphatic heterocycles. The minimum Gasteiger partial charge on any atom is -0.465 e. The molecule has 0 amide bonds. The first-order valence-corrected chi connectivity index (χ1v) is 4.99. The van der Waals surface area contributed by atoms with Crippen LogP contribution in [0.5, 0.6) is 0 Å². The summed E-state index contributed by atoms with van der Waals surface area (Å²) in [5.74, 6) is -0.528. The standard InChI is InChI=1S/C13H10N2O2/c1-17-13(16)11-9-6-4-2-3-5-8(9)10(7-14)12(11)15/h2-6H,15H2,1H3. The Hall–Kier alpha value is -2.54. The van der Waals surface area contributed by atoms with Gasteiger partial charge >= 0.3 is 5.97 Å². The number of nitrogen functional groups attached to an aromatic ring is 1. The van der Waals surface area contributed by atoms with Gasteiger partial charge in [-0.15, -0.1) is 0 Å². The van der Waals surface area contributed by atoms with E-state index in [4.69, 9.17) is 11.0 Å². The van der Waals surface area contributed by atoms with Gasteiger partial charge in [-0.05, 0) is 5.56 Å². The van der Waals surface area contributed by atoms with Crippen molar-refractivity contribution in [3.63, 3.8) is 0 Å². The van der Waals surface area contributed by atoms with Crippen molar-refractivity contribution < 1.29 is 9.53 Å². The molecule has 84 valence electrons. The van der Waals surface area contributed by atoms with E-state index in [-0.39, 0.29) is 11.3 Å². The van der Waals surface area contributed by atoms with E-state index in [1.54, 1.807) is 24.3 Å². The van der Waals surface area contributed by atoms with Gasteiger partial charge in [-0.3, -0.25) is 0 Å². The summed E-state index contributed by atoms with van der Waals surface area (Å²) in [6.45, 7) is 0. The van der Waals surface area contributed by atoms with E-state index in [2.05, 4.69) is 4.74 Å². The number of nitrogens with zero attached hydrogens (tertiary/aromatic N) is 1. The third kappa shape index (κ3) is 1.58. The molecule has 0 aromatic rings. The normalized spacial score (nSPS) is 9.88. The van der Waals surface area contributed by atoms with Crippen LogP contribution in [0.3, 0.4) is 0 Å². The first-order chi connectivity index (χ1) is 8.20. The van der Waals surface area contributed by atoms with E-state index in [9.17, 15) is 4.79 Å². The number of nitrogens with two attached hydrogens (primary N) is 1. The molecule has 4 nitrogen and oxygen atoms in total. The maximum atomic E-state index is 11.7. The molecule has 2 aliphatic rings. The van der Waals surface area contributed by atoms with Gasteiger partial charge in [0.05, 0.1) is 23.9 Å². The van der Waals surface area contributed by atoms with Gasteiger partial charge in [0.25, 0.3) is 0 Å². The van der Waals surface area contributed by atoms with E-state index in [1.807, 2.05) is 12.1 Å². The number of anilines is 1. The highest BCUT2D eigenvalue weighted by Gasteiger charge is 2.25. The number of methoxy groups -OCH3 is 1.